The van der Waals surface area contributed by atoms with Crippen molar-refractivity contribution in [3.8, 4) is 0 Å². The van der Waals surface area contributed by atoms with E-state index in [-0.39, 0.29) is 19.6 Å². The second-order valence-corrected chi connectivity index (χ2v) is 21.1. The molecule has 14 nitrogen and oxygen atoms in total. The largest absolute Gasteiger partial charge is 0.457 e. The van der Waals surface area contributed by atoms with Crippen LogP contribution in [-0.4, -0.2) is 142 Å². The zero-order chi connectivity index (χ0) is 60.1. The van der Waals surface area contributed by atoms with Crippen LogP contribution < -0.4 is 0 Å². The van der Waals surface area contributed by atoms with E-state index in [0.717, 1.165) is 135 Å². The van der Waals surface area contributed by atoms with Gasteiger partial charge in [0.25, 0.3) is 0 Å². The lowest BCUT2D eigenvalue weighted by Gasteiger charge is -2.42. The Bertz CT molecular complexity index is 1930. The van der Waals surface area contributed by atoms with Crippen molar-refractivity contribution in [2.24, 2.45) is 0 Å². The van der Waals surface area contributed by atoms with Crippen molar-refractivity contribution in [1.29, 1.82) is 0 Å². The molecule has 2 aliphatic heterocycles. The van der Waals surface area contributed by atoms with Crippen LogP contribution in [-0.2, 0) is 33.2 Å². The van der Waals surface area contributed by atoms with E-state index in [1.807, 2.05) is 0 Å². The first-order valence-electron chi connectivity index (χ1n) is 31.4. The minimum Gasteiger partial charge on any atom is -0.457 e. The molecule has 11 atom stereocenters. The Kier molecular flexibility index (Phi) is 48.2. The SMILES string of the molecule is CC/C=C\C/C=C\C/C=C\C/C=C\C/C=C\C/C=C\CCCCCCCCCOCC(COC1OC(COC2OC(CO)C(O)C(O)C2O)C(O)C(O)C1O)OC(=O)CCCCCC/C=C\C/C=C\C/C=C\C/C=C\C/C=C\C/C=C\CC. The summed E-state index contributed by atoms with van der Waals surface area (Å²) >= 11 is 0. The van der Waals surface area contributed by atoms with E-state index >= 15 is 0 Å². The molecule has 2 aliphatic rings. The monoisotopic (exact) mass is 1160 g/mol. The molecule has 0 aromatic carbocycles. The maximum absolute atomic E-state index is 13.1. The molecule has 470 valence electrons. The van der Waals surface area contributed by atoms with E-state index in [1.54, 1.807) is 0 Å². The summed E-state index contributed by atoms with van der Waals surface area (Å²) in [6, 6.07) is 0. The van der Waals surface area contributed by atoms with E-state index in [0.29, 0.717) is 13.0 Å². The fraction of sp³-hybridized carbons (Fsp3) is 0.638. The summed E-state index contributed by atoms with van der Waals surface area (Å²) in [5.41, 5.74) is 0. The number of carbonyl (C=O) groups is 1. The third-order valence-corrected chi connectivity index (χ3v) is 13.8. The van der Waals surface area contributed by atoms with Gasteiger partial charge in [0.05, 0.1) is 26.4 Å². The maximum atomic E-state index is 13.1. The lowest BCUT2D eigenvalue weighted by atomic mass is 9.98. The van der Waals surface area contributed by atoms with Crippen molar-refractivity contribution in [3.05, 3.63) is 146 Å². The maximum Gasteiger partial charge on any atom is 0.306 e. The average Bonchev–Trinajstić information content (AvgIpc) is 3.69. The summed E-state index contributed by atoms with van der Waals surface area (Å²) in [6.45, 7) is 3.37. The Morgan fingerprint density at radius 2 is 0.747 bits per heavy atom. The number of aliphatic hydroxyl groups is 7. The third-order valence-electron chi connectivity index (χ3n) is 13.8. The first-order chi connectivity index (χ1) is 40.6. The number of hydrogen-bond acceptors (Lipinski definition) is 14. The molecule has 2 fully saturated rings. The number of unbranched alkanes of at least 4 members (excludes halogenated alkanes) is 11. The molecular formula is C69H110O14. The molecule has 0 bridgehead atoms. The topological polar surface area (TPSA) is 214 Å². The van der Waals surface area contributed by atoms with Crippen molar-refractivity contribution >= 4 is 5.97 Å². The molecule has 83 heavy (non-hydrogen) atoms. The van der Waals surface area contributed by atoms with Gasteiger partial charge in [0.2, 0.25) is 0 Å². The molecule has 0 radical (unpaired) electrons. The minimum atomic E-state index is -1.73. The zero-order valence-electron chi connectivity index (χ0n) is 50.6. The van der Waals surface area contributed by atoms with Crippen LogP contribution in [0.15, 0.2) is 146 Å². The summed E-state index contributed by atoms with van der Waals surface area (Å²) in [5, 5.41) is 72.5. The molecule has 2 saturated heterocycles. The highest BCUT2D eigenvalue weighted by molar-refractivity contribution is 5.69. The Hall–Kier alpha value is -4.13. The van der Waals surface area contributed by atoms with Gasteiger partial charge in [-0.1, -0.05) is 205 Å². The molecule has 0 amide bonds. The molecular weight excluding hydrogens is 1050 g/mol. The van der Waals surface area contributed by atoms with Crippen molar-refractivity contribution in [1.82, 2.24) is 0 Å². The quantitative estimate of drug-likeness (QED) is 0.0172. The Morgan fingerprint density at radius 3 is 1.17 bits per heavy atom. The fourth-order valence-electron chi connectivity index (χ4n) is 8.88. The van der Waals surface area contributed by atoms with Crippen LogP contribution in [0, 0.1) is 0 Å². The second-order valence-electron chi connectivity index (χ2n) is 21.1. The van der Waals surface area contributed by atoms with Gasteiger partial charge in [0.1, 0.15) is 54.9 Å². The molecule has 0 aliphatic carbocycles. The van der Waals surface area contributed by atoms with Crippen LogP contribution in [0.4, 0.5) is 0 Å². The molecule has 2 heterocycles. The van der Waals surface area contributed by atoms with E-state index in [2.05, 4.69) is 160 Å². The van der Waals surface area contributed by atoms with Crippen molar-refractivity contribution in [2.75, 3.05) is 33.0 Å². The fourth-order valence-corrected chi connectivity index (χ4v) is 8.88. The van der Waals surface area contributed by atoms with Crippen LogP contribution >= 0.6 is 0 Å². The smallest absolute Gasteiger partial charge is 0.306 e. The molecule has 7 N–H and O–H groups in total. The van der Waals surface area contributed by atoms with Crippen LogP contribution in [0.2, 0.25) is 0 Å². The molecule has 14 heteroatoms. The number of hydrogen-bond donors (Lipinski definition) is 7. The highest BCUT2D eigenvalue weighted by atomic mass is 16.7. The van der Waals surface area contributed by atoms with Gasteiger partial charge >= 0.3 is 5.97 Å². The van der Waals surface area contributed by atoms with Crippen molar-refractivity contribution in [2.45, 2.75) is 248 Å². The van der Waals surface area contributed by atoms with Gasteiger partial charge in [-0.25, -0.2) is 0 Å². The van der Waals surface area contributed by atoms with Crippen LogP contribution in [0.5, 0.6) is 0 Å². The van der Waals surface area contributed by atoms with Gasteiger partial charge in [-0.3, -0.25) is 4.79 Å². The number of allylic oxidation sites excluding steroid dienone is 24. The number of aliphatic hydroxyl groups excluding tert-OH is 7. The summed E-state index contributed by atoms with van der Waals surface area (Å²) in [4.78, 5) is 13.1. The van der Waals surface area contributed by atoms with Gasteiger partial charge in [0.15, 0.2) is 12.6 Å². The second kappa shape index (κ2) is 53.3. The van der Waals surface area contributed by atoms with Crippen molar-refractivity contribution < 1.29 is 69.0 Å². The van der Waals surface area contributed by atoms with Gasteiger partial charge < -0.3 is 64.2 Å². The Labute approximate surface area is 500 Å². The van der Waals surface area contributed by atoms with E-state index in [4.69, 9.17) is 28.4 Å². The molecule has 0 aromatic rings. The zero-order valence-corrected chi connectivity index (χ0v) is 50.6. The molecule has 0 aromatic heterocycles. The van der Waals surface area contributed by atoms with Gasteiger partial charge in [-0.15, -0.1) is 0 Å². The Morgan fingerprint density at radius 1 is 0.398 bits per heavy atom. The summed E-state index contributed by atoms with van der Waals surface area (Å²) in [6.07, 6.45) is 61.8. The number of rotatable bonds is 49. The predicted molar refractivity (Wildman–Crippen MR) is 334 cm³/mol. The standard InChI is InChI=1S/C69H110O14/c1-3-5-7-9-11-13-15-17-19-21-23-25-27-28-29-31-33-35-37-39-41-43-45-47-49-51-53-78-55-58(56-79-68-67(77)65(75)63(73)60(83-68)57-80-69-66(76)64(74)62(72)59(54-70)82-69)81-61(71)52-50-48-46-44-42-40-38-36-34-32-30-26-24-22-20-18-16-14-12-10-8-6-4-2/h5-8,11-14,17-20,23-26,28-29,32-35,38,40,58-60,62-70,72-77H,3-4,9-10,15-16,21-22,27,30-31,36-37,39,41-57H2,1-2H3/b7-5-,8-6-,13-11-,14-12-,19-17-,20-18-,25-23-,26-24-,29-28-,34-32-,35-33-,40-38-. The normalized spacial score (nSPS) is 24.4. The lowest BCUT2D eigenvalue weighted by molar-refractivity contribution is -0.332. The highest BCUT2D eigenvalue weighted by Crippen LogP contribution is 2.26. The molecule has 11 unspecified atom stereocenters. The minimum absolute atomic E-state index is 0.0317. The van der Waals surface area contributed by atoms with Crippen molar-refractivity contribution in [3.63, 3.8) is 0 Å². The first kappa shape index (κ1) is 75.0. The molecule has 2 rings (SSSR count). The van der Waals surface area contributed by atoms with Gasteiger partial charge in [-0.05, 0) is 116 Å². The lowest BCUT2D eigenvalue weighted by Crippen LogP contribution is -2.61. The summed E-state index contributed by atoms with van der Waals surface area (Å²) in [5.74, 6) is -0.411. The van der Waals surface area contributed by atoms with Gasteiger partial charge in [0, 0.05) is 13.0 Å². The van der Waals surface area contributed by atoms with E-state index < -0.39 is 86.7 Å². The van der Waals surface area contributed by atoms with Crippen LogP contribution in [0.1, 0.15) is 181 Å². The Balaban J connectivity index is 1.72. The molecule has 0 spiro atoms. The number of ether oxygens (including phenoxy) is 6. The van der Waals surface area contributed by atoms with E-state index in [1.165, 1.54) is 19.3 Å². The average molecular weight is 1160 g/mol. The van der Waals surface area contributed by atoms with Gasteiger partial charge in [-0.2, -0.15) is 0 Å². The predicted octanol–water partition coefficient (Wildman–Crippen LogP) is 12.4. The summed E-state index contributed by atoms with van der Waals surface area (Å²) < 4.78 is 34.4. The number of esters is 1. The van der Waals surface area contributed by atoms with E-state index in [9.17, 15) is 40.5 Å². The summed E-state index contributed by atoms with van der Waals surface area (Å²) in [7, 11) is 0. The first-order valence-corrected chi connectivity index (χ1v) is 31.4. The highest BCUT2D eigenvalue weighted by Gasteiger charge is 2.47. The third kappa shape index (κ3) is 39.2. The van der Waals surface area contributed by atoms with Crippen LogP contribution in [0.3, 0.4) is 0 Å². The van der Waals surface area contributed by atoms with Crippen LogP contribution in [0.25, 0.3) is 0 Å². The number of carbonyl (C=O) groups excluding carboxylic acids is 1. The molecule has 0 saturated carbocycles.